The van der Waals surface area contributed by atoms with Gasteiger partial charge in [0.1, 0.15) is 24.3 Å². The molecular formula is C18H19N7O2. The van der Waals surface area contributed by atoms with Crippen LogP contribution in [0.4, 0.5) is 17.3 Å². The number of nitrogens with one attached hydrogen (secondary N) is 2. The van der Waals surface area contributed by atoms with Crippen LogP contribution in [0.15, 0.2) is 36.9 Å². The first-order valence-electron chi connectivity index (χ1n) is 8.57. The summed E-state index contributed by atoms with van der Waals surface area (Å²) in [6.07, 6.45) is 4.91. The Morgan fingerprint density at radius 1 is 1.22 bits per heavy atom. The van der Waals surface area contributed by atoms with Crippen molar-refractivity contribution in [2.24, 2.45) is 13.0 Å². The summed E-state index contributed by atoms with van der Waals surface area (Å²) in [6, 6.07) is 7.33. The average Bonchev–Trinajstić information content (AvgIpc) is 3.43. The van der Waals surface area contributed by atoms with Crippen molar-refractivity contribution in [3.05, 3.63) is 36.9 Å². The van der Waals surface area contributed by atoms with Crippen molar-refractivity contribution in [1.82, 2.24) is 24.7 Å². The van der Waals surface area contributed by atoms with Gasteiger partial charge >= 0.3 is 0 Å². The van der Waals surface area contributed by atoms with Gasteiger partial charge in [-0.05, 0) is 25.0 Å². The normalized spacial score (nSPS) is 13.3. The van der Waals surface area contributed by atoms with Crippen LogP contribution >= 0.6 is 0 Å². The minimum atomic E-state index is 0.000421. The smallest absolute Gasteiger partial charge is 0.228 e. The number of carbonyl (C=O) groups is 1. The van der Waals surface area contributed by atoms with E-state index in [0.717, 1.165) is 18.4 Å². The summed E-state index contributed by atoms with van der Waals surface area (Å²) >= 11 is 0. The van der Waals surface area contributed by atoms with Crippen LogP contribution in [-0.2, 0) is 11.8 Å². The molecule has 1 aromatic carbocycles. The molecule has 1 amide bonds. The summed E-state index contributed by atoms with van der Waals surface area (Å²) in [5.74, 6) is 2.29. The second-order valence-electron chi connectivity index (χ2n) is 6.31. The molecule has 0 saturated heterocycles. The maximum absolute atomic E-state index is 11.9. The first-order valence-corrected chi connectivity index (χ1v) is 8.57. The molecule has 9 heteroatoms. The summed E-state index contributed by atoms with van der Waals surface area (Å²) < 4.78 is 7.22. The van der Waals surface area contributed by atoms with Gasteiger partial charge in [0.15, 0.2) is 11.6 Å². The van der Waals surface area contributed by atoms with Crippen molar-refractivity contribution in [3.8, 4) is 17.1 Å². The minimum absolute atomic E-state index is 0.000421. The zero-order chi connectivity index (χ0) is 18.8. The van der Waals surface area contributed by atoms with Gasteiger partial charge in [-0.25, -0.2) is 15.0 Å². The average molecular weight is 365 g/mol. The Balaban J connectivity index is 1.60. The van der Waals surface area contributed by atoms with Gasteiger partial charge < -0.3 is 15.4 Å². The molecule has 0 spiro atoms. The zero-order valence-corrected chi connectivity index (χ0v) is 15.0. The number of benzene rings is 1. The van der Waals surface area contributed by atoms with E-state index in [2.05, 4.69) is 30.7 Å². The van der Waals surface area contributed by atoms with E-state index in [1.54, 1.807) is 24.2 Å². The largest absolute Gasteiger partial charge is 0.494 e. The number of aromatic nitrogens is 5. The van der Waals surface area contributed by atoms with Gasteiger partial charge in [0.25, 0.3) is 0 Å². The van der Waals surface area contributed by atoms with E-state index in [1.807, 2.05) is 25.2 Å². The summed E-state index contributed by atoms with van der Waals surface area (Å²) in [5.41, 5.74) is 1.47. The van der Waals surface area contributed by atoms with Gasteiger partial charge in [-0.15, -0.1) is 0 Å². The molecule has 0 unspecified atom stereocenters. The lowest BCUT2D eigenvalue weighted by atomic mass is 10.1. The Hall–Kier alpha value is -3.49. The fourth-order valence-corrected chi connectivity index (χ4v) is 2.70. The third-order valence-corrected chi connectivity index (χ3v) is 4.19. The highest BCUT2D eigenvalue weighted by molar-refractivity contribution is 5.93. The molecule has 1 aliphatic rings. The SMILES string of the molecule is COc1c(Nc2cc(NC(=O)C3CC3)ncn2)cccc1-c1ncn(C)n1. The van der Waals surface area contributed by atoms with Crippen molar-refractivity contribution >= 4 is 23.2 Å². The number of methoxy groups -OCH3 is 1. The number of aryl methyl sites for hydroxylation is 1. The summed E-state index contributed by atoms with van der Waals surface area (Å²) in [4.78, 5) is 24.5. The van der Waals surface area contributed by atoms with Crippen LogP contribution in [-0.4, -0.2) is 37.7 Å². The lowest BCUT2D eigenvalue weighted by molar-refractivity contribution is -0.117. The second kappa shape index (κ2) is 7.02. The molecule has 1 fully saturated rings. The molecule has 1 aliphatic carbocycles. The van der Waals surface area contributed by atoms with E-state index in [0.29, 0.717) is 28.9 Å². The van der Waals surface area contributed by atoms with Gasteiger partial charge in [-0.2, -0.15) is 5.10 Å². The van der Waals surface area contributed by atoms with E-state index < -0.39 is 0 Å². The Labute approximate surface area is 155 Å². The summed E-state index contributed by atoms with van der Waals surface area (Å²) in [7, 11) is 3.40. The third-order valence-electron chi connectivity index (χ3n) is 4.19. The maximum atomic E-state index is 11.9. The van der Waals surface area contributed by atoms with Gasteiger partial charge in [0, 0.05) is 19.0 Å². The molecule has 4 rings (SSSR count). The molecule has 0 bridgehead atoms. The Morgan fingerprint density at radius 2 is 2.04 bits per heavy atom. The number of para-hydroxylation sites is 1. The number of hydrogen-bond acceptors (Lipinski definition) is 7. The quantitative estimate of drug-likeness (QED) is 0.690. The number of nitrogens with zero attached hydrogens (tertiary/aromatic N) is 5. The van der Waals surface area contributed by atoms with E-state index >= 15 is 0 Å². The van der Waals surface area contributed by atoms with Crippen LogP contribution in [0.25, 0.3) is 11.4 Å². The van der Waals surface area contributed by atoms with Crippen molar-refractivity contribution in [3.63, 3.8) is 0 Å². The standard InChI is InChI=1S/C18H19N7O2/c1-25-10-21-17(24-25)12-4-3-5-13(16(12)27-2)22-14-8-15(20-9-19-14)23-18(26)11-6-7-11/h3-5,8-11H,6-7H2,1-2H3,(H2,19,20,22,23,26). The van der Waals surface area contributed by atoms with Crippen LogP contribution in [0, 0.1) is 5.92 Å². The van der Waals surface area contributed by atoms with Crippen LogP contribution in [0.1, 0.15) is 12.8 Å². The first-order chi connectivity index (χ1) is 13.1. The number of hydrogen-bond donors (Lipinski definition) is 2. The van der Waals surface area contributed by atoms with Crippen LogP contribution in [0.5, 0.6) is 5.75 Å². The van der Waals surface area contributed by atoms with Gasteiger partial charge in [-0.3, -0.25) is 9.48 Å². The van der Waals surface area contributed by atoms with Crippen molar-refractivity contribution in [1.29, 1.82) is 0 Å². The topological polar surface area (TPSA) is 107 Å². The minimum Gasteiger partial charge on any atom is -0.494 e. The third kappa shape index (κ3) is 3.71. The van der Waals surface area contributed by atoms with Crippen LogP contribution < -0.4 is 15.4 Å². The van der Waals surface area contributed by atoms with Gasteiger partial charge in [0.2, 0.25) is 5.91 Å². The number of amides is 1. The highest BCUT2D eigenvalue weighted by Crippen LogP contribution is 2.36. The molecule has 2 N–H and O–H groups in total. The first kappa shape index (κ1) is 17.0. The Morgan fingerprint density at radius 3 is 2.74 bits per heavy atom. The number of rotatable bonds is 6. The summed E-state index contributed by atoms with van der Waals surface area (Å²) in [5, 5.41) is 10.4. The number of anilines is 3. The zero-order valence-electron chi connectivity index (χ0n) is 15.0. The second-order valence-corrected chi connectivity index (χ2v) is 6.31. The molecular weight excluding hydrogens is 346 g/mol. The molecule has 0 radical (unpaired) electrons. The van der Waals surface area contributed by atoms with Crippen molar-refractivity contribution in [2.45, 2.75) is 12.8 Å². The number of ether oxygens (including phenoxy) is 1. The van der Waals surface area contributed by atoms with Gasteiger partial charge in [0.05, 0.1) is 18.4 Å². The molecule has 27 heavy (non-hydrogen) atoms. The molecule has 1 saturated carbocycles. The monoisotopic (exact) mass is 365 g/mol. The molecule has 9 nitrogen and oxygen atoms in total. The molecule has 0 aliphatic heterocycles. The van der Waals surface area contributed by atoms with Crippen molar-refractivity contribution < 1.29 is 9.53 Å². The van der Waals surface area contributed by atoms with Crippen molar-refractivity contribution in [2.75, 3.05) is 17.7 Å². The Kier molecular flexibility index (Phi) is 4.41. The van der Waals surface area contributed by atoms with E-state index in [-0.39, 0.29) is 11.8 Å². The molecule has 138 valence electrons. The highest BCUT2D eigenvalue weighted by Gasteiger charge is 2.29. The van der Waals surface area contributed by atoms with E-state index in [9.17, 15) is 4.79 Å². The van der Waals surface area contributed by atoms with Gasteiger partial charge in [-0.1, -0.05) is 6.07 Å². The maximum Gasteiger partial charge on any atom is 0.228 e. The molecule has 2 heterocycles. The van der Waals surface area contributed by atoms with Crippen LogP contribution in [0.2, 0.25) is 0 Å². The molecule has 0 atom stereocenters. The Bertz CT molecular complexity index is 981. The molecule has 2 aromatic heterocycles. The van der Waals surface area contributed by atoms with E-state index in [4.69, 9.17) is 4.74 Å². The highest BCUT2D eigenvalue weighted by atomic mass is 16.5. The fraction of sp³-hybridized carbons (Fsp3) is 0.278. The lowest BCUT2D eigenvalue weighted by Crippen LogP contribution is -2.14. The van der Waals surface area contributed by atoms with E-state index in [1.165, 1.54) is 6.33 Å². The predicted octanol–water partition coefficient (Wildman–Crippen LogP) is 2.37. The lowest BCUT2D eigenvalue weighted by Gasteiger charge is -2.13. The molecule has 3 aromatic rings. The predicted molar refractivity (Wildman–Crippen MR) is 99.7 cm³/mol. The fourth-order valence-electron chi connectivity index (χ4n) is 2.70. The summed E-state index contributed by atoms with van der Waals surface area (Å²) in [6.45, 7) is 0. The van der Waals surface area contributed by atoms with Crippen LogP contribution in [0.3, 0.4) is 0 Å². The number of carbonyl (C=O) groups excluding carboxylic acids is 1.